The molecule has 0 saturated carbocycles. The molecule has 1 aromatic carbocycles. The Hall–Kier alpha value is -0.640. The van der Waals surface area contributed by atoms with Crippen LogP contribution in [0.15, 0.2) is 18.2 Å². The molecule has 106 valence electrons. The van der Waals surface area contributed by atoms with Crippen LogP contribution in [0.25, 0.3) is 0 Å². The first-order valence-corrected chi connectivity index (χ1v) is 7.27. The van der Waals surface area contributed by atoms with Crippen LogP contribution in [-0.4, -0.2) is 23.9 Å². The number of hydrogen-bond donors (Lipinski definition) is 1. The molecule has 1 saturated heterocycles. The molecule has 2 rings (SSSR count). The van der Waals surface area contributed by atoms with E-state index in [4.69, 9.17) is 16.3 Å². The minimum absolute atomic E-state index is 0.275. The first-order chi connectivity index (χ1) is 9.16. The Morgan fingerprint density at radius 2 is 2.32 bits per heavy atom. The smallest absolute Gasteiger partial charge is 0.127 e. The van der Waals surface area contributed by atoms with Gasteiger partial charge in [-0.2, -0.15) is 0 Å². The Morgan fingerprint density at radius 1 is 1.47 bits per heavy atom. The molecule has 0 aliphatic carbocycles. The van der Waals surface area contributed by atoms with E-state index in [-0.39, 0.29) is 12.2 Å². The molecule has 0 spiro atoms. The molecule has 0 aromatic heterocycles. The highest BCUT2D eigenvalue weighted by atomic mass is 35.5. The third-order valence-electron chi connectivity index (χ3n) is 3.59. The quantitative estimate of drug-likeness (QED) is 0.863. The SMILES string of the molecule is OC(CCCC1CCCO1)Cc1c(F)cccc1Cl. The Kier molecular flexibility index (Phi) is 5.61. The van der Waals surface area contributed by atoms with Crippen LogP contribution in [0.4, 0.5) is 4.39 Å². The molecule has 1 N–H and O–H groups in total. The summed E-state index contributed by atoms with van der Waals surface area (Å²) in [5.74, 6) is -0.342. The van der Waals surface area contributed by atoms with E-state index >= 15 is 0 Å². The van der Waals surface area contributed by atoms with E-state index in [0.717, 1.165) is 32.3 Å². The zero-order valence-electron chi connectivity index (χ0n) is 10.9. The minimum Gasteiger partial charge on any atom is -0.393 e. The average molecular weight is 287 g/mol. The second kappa shape index (κ2) is 7.22. The standard InChI is InChI=1S/C15H20ClFO2/c16-14-7-2-8-15(17)13(14)10-11(18)4-1-5-12-6-3-9-19-12/h2,7-8,11-12,18H,1,3-6,9-10H2. The average Bonchev–Trinajstić information content (AvgIpc) is 2.87. The van der Waals surface area contributed by atoms with Gasteiger partial charge < -0.3 is 9.84 Å². The molecule has 2 nitrogen and oxygen atoms in total. The monoisotopic (exact) mass is 286 g/mol. The molecule has 1 aromatic rings. The number of aliphatic hydroxyl groups excluding tert-OH is 1. The van der Waals surface area contributed by atoms with Gasteiger partial charge in [-0.05, 0) is 44.2 Å². The molecule has 0 amide bonds. The number of benzene rings is 1. The highest BCUT2D eigenvalue weighted by Crippen LogP contribution is 2.23. The molecule has 0 radical (unpaired) electrons. The third-order valence-corrected chi connectivity index (χ3v) is 3.94. The normalized spacial score (nSPS) is 20.7. The van der Waals surface area contributed by atoms with E-state index in [0.29, 0.717) is 23.1 Å². The second-order valence-electron chi connectivity index (χ2n) is 5.12. The molecule has 1 aliphatic rings. The fourth-order valence-corrected chi connectivity index (χ4v) is 2.76. The Morgan fingerprint density at radius 3 is 3.00 bits per heavy atom. The highest BCUT2D eigenvalue weighted by Gasteiger charge is 2.17. The number of ether oxygens (including phenoxy) is 1. The van der Waals surface area contributed by atoms with Gasteiger partial charge >= 0.3 is 0 Å². The Bertz CT molecular complexity index is 385. The fourth-order valence-electron chi connectivity index (χ4n) is 2.52. The van der Waals surface area contributed by atoms with Gasteiger partial charge in [0.1, 0.15) is 5.82 Å². The van der Waals surface area contributed by atoms with Gasteiger partial charge in [0.05, 0.1) is 12.2 Å². The van der Waals surface area contributed by atoms with Crippen molar-refractivity contribution in [3.63, 3.8) is 0 Å². The molecular weight excluding hydrogens is 267 g/mol. The van der Waals surface area contributed by atoms with Crippen molar-refractivity contribution in [1.82, 2.24) is 0 Å². The van der Waals surface area contributed by atoms with Crippen LogP contribution in [0.1, 0.15) is 37.7 Å². The van der Waals surface area contributed by atoms with Crippen molar-refractivity contribution in [1.29, 1.82) is 0 Å². The van der Waals surface area contributed by atoms with Crippen molar-refractivity contribution < 1.29 is 14.2 Å². The minimum atomic E-state index is -0.546. The number of halogens is 2. The summed E-state index contributed by atoms with van der Waals surface area (Å²) in [6, 6.07) is 4.60. The number of aliphatic hydroxyl groups is 1. The summed E-state index contributed by atoms with van der Waals surface area (Å²) in [5.41, 5.74) is 0.411. The zero-order valence-corrected chi connectivity index (χ0v) is 11.7. The van der Waals surface area contributed by atoms with Gasteiger partial charge in [-0.15, -0.1) is 0 Å². The lowest BCUT2D eigenvalue weighted by atomic mass is 10.0. The van der Waals surface area contributed by atoms with Crippen LogP contribution in [0.2, 0.25) is 5.02 Å². The lowest BCUT2D eigenvalue weighted by molar-refractivity contribution is 0.0944. The van der Waals surface area contributed by atoms with E-state index in [1.807, 2.05) is 0 Å². The van der Waals surface area contributed by atoms with Gasteiger partial charge in [-0.1, -0.05) is 17.7 Å². The molecule has 1 aliphatic heterocycles. The van der Waals surface area contributed by atoms with Crippen LogP contribution < -0.4 is 0 Å². The summed E-state index contributed by atoms with van der Waals surface area (Å²) < 4.78 is 19.1. The van der Waals surface area contributed by atoms with Crippen molar-refractivity contribution in [2.45, 2.75) is 50.7 Å². The molecule has 1 fully saturated rings. The second-order valence-corrected chi connectivity index (χ2v) is 5.53. The van der Waals surface area contributed by atoms with Crippen LogP contribution >= 0.6 is 11.6 Å². The molecular formula is C15H20ClFO2. The van der Waals surface area contributed by atoms with Crippen molar-refractivity contribution in [2.75, 3.05) is 6.61 Å². The molecule has 1 heterocycles. The maximum Gasteiger partial charge on any atom is 0.127 e. The van der Waals surface area contributed by atoms with Gasteiger partial charge in [0.2, 0.25) is 0 Å². The summed E-state index contributed by atoms with van der Waals surface area (Å²) in [7, 11) is 0. The molecule has 2 atom stereocenters. The van der Waals surface area contributed by atoms with Crippen LogP contribution in [-0.2, 0) is 11.2 Å². The van der Waals surface area contributed by atoms with Crippen LogP contribution in [0.5, 0.6) is 0 Å². The summed E-state index contributed by atoms with van der Waals surface area (Å²) in [5, 5.41) is 10.3. The lowest BCUT2D eigenvalue weighted by Gasteiger charge is -2.14. The fraction of sp³-hybridized carbons (Fsp3) is 0.600. The number of rotatable bonds is 6. The Balaban J connectivity index is 1.75. The van der Waals surface area contributed by atoms with Gasteiger partial charge in [-0.3, -0.25) is 0 Å². The van der Waals surface area contributed by atoms with Gasteiger partial charge in [-0.25, -0.2) is 4.39 Å². The van der Waals surface area contributed by atoms with E-state index in [1.165, 1.54) is 6.07 Å². The Labute approximate surface area is 118 Å². The van der Waals surface area contributed by atoms with E-state index in [2.05, 4.69) is 0 Å². The van der Waals surface area contributed by atoms with Crippen LogP contribution in [0, 0.1) is 5.82 Å². The van der Waals surface area contributed by atoms with Crippen molar-refractivity contribution in [2.24, 2.45) is 0 Å². The van der Waals surface area contributed by atoms with E-state index < -0.39 is 6.10 Å². The van der Waals surface area contributed by atoms with Crippen molar-refractivity contribution in [3.8, 4) is 0 Å². The molecule has 19 heavy (non-hydrogen) atoms. The predicted octanol–water partition coefficient (Wildman–Crippen LogP) is 3.73. The first-order valence-electron chi connectivity index (χ1n) is 6.89. The zero-order chi connectivity index (χ0) is 13.7. The van der Waals surface area contributed by atoms with Crippen molar-refractivity contribution >= 4 is 11.6 Å². The van der Waals surface area contributed by atoms with Gasteiger partial charge in [0.25, 0.3) is 0 Å². The van der Waals surface area contributed by atoms with Crippen molar-refractivity contribution in [3.05, 3.63) is 34.6 Å². The maximum atomic E-state index is 13.6. The molecule has 0 bridgehead atoms. The largest absolute Gasteiger partial charge is 0.393 e. The molecule has 4 heteroatoms. The summed E-state index contributed by atoms with van der Waals surface area (Å²) >= 11 is 5.94. The molecule has 2 unspecified atom stereocenters. The van der Waals surface area contributed by atoms with E-state index in [9.17, 15) is 9.50 Å². The van der Waals surface area contributed by atoms with Gasteiger partial charge in [0, 0.05) is 23.6 Å². The summed E-state index contributed by atoms with van der Waals surface area (Å²) in [4.78, 5) is 0. The van der Waals surface area contributed by atoms with E-state index in [1.54, 1.807) is 12.1 Å². The highest BCUT2D eigenvalue weighted by molar-refractivity contribution is 6.31. The lowest BCUT2D eigenvalue weighted by Crippen LogP contribution is -2.13. The van der Waals surface area contributed by atoms with Crippen LogP contribution in [0.3, 0.4) is 0 Å². The maximum absolute atomic E-state index is 13.6. The first kappa shape index (κ1) is 14.8. The summed E-state index contributed by atoms with van der Waals surface area (Å²) in [6.45, 7) is 0.859. The summed E-state index contributed by atoms with van der Waals surface area (Å²) in [6.07, 6.45) is 4.87. The predicted molar refractivity (Wildman–Crippen MR) is 73.9 cm³/mol. The topological polar surface area (TPSA) is 29.5 Å². The number of hydrogen-bond acceptors (Lipinski definition) is 2. The third kappa shape index (κ3) is 4.44. The van der Waals surface area contributed by atoms with Gasteiger partial charge in [0.15, 0.2) is 0 Å².